The third-order valence-electron chi connectivity index (χ3n) is 4.75. The van der Waals surface area contributed by atoms with Crippen LogP contribution in [0.2, 0.25) is 0 Å². The number of fused-ring (bicyclic) bond motifs is 1. The number of para-hydroxylation sites is 2. The molecule has 3 heterocycles. The van der Waals surface area contributed by atoms with Crippen LogP contribution in [-0.4, -0.2) is 43.4 Å². The molecule has 1 aromatic carbocycles. The molecule has 4 rings (SSSR count). The Morgan fingerprint density at radius 2 is 2.25 bits per heavy atom. The molecule has 1 saturated heterocycles. The molecule has 0 saturated carbocycles. The number of carbonyl (C=O) groups is 1. The summed E-state index contributed by atoms with van der Waals surface area (Å²) < 4.78 is 2.17. The van der Waals surface area contributed by atoms with Gasteiger partial charge in [-0.2, -0.15) is 0 Å². The van der Waals surface area contributed by atoms with Gasteiger partial charge < -0.3 is 14.5 Å². The number of H-pyrrole nitrogens is 1. The molecule has 1 N–H and O–H groups in total. The van der Waals surface area contributed by atoms with Crippen LogP contribution in [0.3, 0.4) is 0 Å². The molecule has 6 heteroatoms. The maximum atomic E-state index is 12.8. The van der Waals surface area contributed by atoms with Gasteiger partial charge in [0.25, 0.3) is 5.91 Å². The molecule has 1 atom stereocenters. The van der Waals surface area contributed by atoms with Crippen molar-refractivity contribution in [2.75, 3.05) is 13.1 Å². The van der Waals surface area contributed by atoms with Gasteiger partial charge in [-0.25, -0.2) is 9.97 Å². The highest BCUT2D eigenvalue weighted by molar-refractivity contribution is 5.94. The second-order valence-corrected chi connectivity index (χ2v) is 6.26. The highest BCUT2D eigenvalue weighted by Gasteiger charge is 2.29. The zero-order valence-corrected chi connectivity index (χ0v) is 13.8. The summed E-state index contributed by atoms with van der Waals surface area (Å²) in [7, 11) is 0. The number of aromatic amines is 1. The van der Waals surface area contributed by atoms with E-state index >= 15 is 0 Å². The Balaban J connectivity index is 1.56. The molecular weight excluding hydrogens is 302 g/mol. The van der Waals surface area contributed by atoms with E-state index in [0.717, 1.165) is 42.8 Å². The van der Waals surface area contributed by atoms with Crippen molar-refractivity contribution in [2.45, 2.75) is 32.2 Å². The summed E-state index contributed by atoms with van der Waals surface area (Å²) in [5.41, 5.74) is 1.73. The Hall–Kier alpha value is -2.63. The summed E-state index contributed by atoms with van der Waals surface area (Å²) in [6, 6.07) is 7.73. The number of benzene rings is 1. The third kappa shape index (κ3) is 2.58. The Morgan fingerprint density at radius 1 is 1.38 bits per heavy atom. The van der Waals surface area contributed by atoms with Gasteiger partial charge in [-0.1, -0.05) is 12.1 Å². The first-order chi connectivity index (χ1) is 11.8. The average Bonchev–Trinajstić information content (AvgIpc) is 3.27. The average molecular weight is 323 g/mol. The molecule has 0 spiro atoms. The predicted molar refractivity (Wildman–Crippen MR) is 91.9 cm³/mol. The number of likely N-dealkylation sites (tertiary alicyclic amines) is 1. The number of hydrogen-bond donors (Lipinski definition) is 1. The molecule has 1 aliphatic rings. The molecule has 0 aliphatic carbocycles. The summed E-state index contributed by atoms with van der Waals surface area (Å²) >= 11 is 0. The summed E-state index contributed by atoms with van der Waals surface area (Å²) in [6.45, 7) is 4.50. The van der Waals surface area contributed by atoms with Crippen molar-refractivity contribution in [3.8, 4) is 0 Å². The highest BCUT2D eigenvalue weighted by atomic mass is 16.2. The van der Waals surface area contributed by atoms with Crippen molar-refractivity contribution >= 4 is 16.9 Å². The number of hydrogen-bond acceptors (Lipinski definition) is 3. The molecular formula is C18H21N5O. The van der Waals surface area contributed by atoms with Crippen molar-refractivity contribution in [1.82, 2.24) is 24.4 Å². The molecule has 0 bridgehead atoms. The highest BCUT2D eigenvalue weighted by Crippen LogP contribution is 2.26. The van der Waals surface area contributed by atoms with E-state index in [2.05, 4.69) is 26.4 Å². The second-order valence-electron chi connectivity index (χ2n) is 6.26. The van der Waals surface area contributed by atoms with Gasteiger partial charge in [0.1, 0.15) is 5.82 Å². The van der Waals surface area contributed by atoms with E-state index < -0.39 is 0 Å². The predicted octanol–water partition coefficient (Wildman–Crippen LogP) is 2.80. The molecule has 1 fully saturated rings. The zero-order valence-electron chi connectivity index (χ0n) is 13.8. The van der Waals surface area contributed by atoms with Gasteiger partial charge in [0.05, 0.1) is 11.0 Å². The number of piperidine rings is 1. The maximum Gasteiger partial charge on any atom is 0.289 e. The van der Waals surface area contributed by atoms with Crippen molar-refractivity contribution in [1.29, 1.82) is 0 Å². The fraction of sp³-hybridized carbons (Fsp3) is 0.389. The minimum absolute atomic E-state index is 0.0227. The summed E-state index contributed by atoms with van der Waals surface area (Å²) in [5.74, 6) is 1.78. The minimum atomic E-state index is -0.0227. The number of nitrogens with zero attached hydrogens (tertiary/aromatic N) is 4. The van der Waals surface area contributed by atoms with Crippen LogP contribution < -0.4 is 0 Å². The number of rotatable bonds is 3. The Bertz CT molecular complexity index is 832. The van der Waals surface area contributed by atoms with Gasteiger partial charge in [0.15, 0.2) is 5.82 Å². The van der Waals surface area contributed by atoms with Crippen LogP contribution in [0.1, 0.15) is 42.1 Å². The van der Waals surface area contributed by atoms with Gasteiger partial charge in [-0.3, -0.25) is 4.79 Å². The number of aryl methyl sites for hydroxylation is 1. The van der Waals surface area contributed by atoms with E-state index in [0.29, 0.717) is 18.3 Å². The van der Waals surface area contributed by atoms with Gasteiger partial charge in [-0.05, 0) is 31.9 Å². The summed E-state index contributed by atoms with van der Waals surface area (Å²) in [5, 5.41) is 0. The molecule has 0 radical (unpaired) electrons. The first kappa shape index (κ1) is 14.9. The number of imidazole rings is 2. The van der Waals surface area contributed by atoms with Gasteiger partial charge in [0.2, 0.25) is 0 Å². The molecule has 3 aromatic rings. The lowest BCUT2D eigenvalue weighted by atomic mass is 9.97. The topological polar surface area (TPSA) is 66.8 Å². The SMILES string of the molecule is CCn1ccnc1[C@H]1CCCN(C(=O)c2nc3ccccc3[nH]2)C1. The van der Waals surface area contributed by atoms with Crippen LogP contribution in [0, 0.1) is 0 Å². The van der Waals surface area contributed by atoms with Crippen LogP contribution in [0.4, 0.5) is 0 Å². The molecule has 2 aromatic heterocycles. The number of carbonyl (C=O) groups excluding carboxylic acids is 1. The lowest BCUT2D eigenvalue weighted by molar-refractivity contribution is 0.0692. The number of amides is 1. The van der Waals surface area contributed by atoms with E-state index in [4.69, 9.17) is 0 Å². The van der Waals surface area contributed by atoms with Crippen LogP contribution >= 0.6 is 0 Å². The maximum absolute atomic E-state index is 12.8. The van der Waals surface area contributed by atoms with Gasteiger partial charge in [0, 0.05) is 37.9 Å². The number of aromatic nitrogens is 4. The lowest BCUT2D eigenvalue weighted by Gasteiger charge is -2.32. The molecule has 24 heavy (non-hydrogen) atoms. The van der Waals surface area contributed by atoms with Crippen molar-refractivity contribution in [3.63, 3.8) is 0 Å². The van der Waals surface area contributed by atoms with Gasteiger partial charge in [-0.15, -0.1) is 0 Å². The molecule has 1 amide bonds. The minimum Gasteiger partial charge on any atom is -0.335 e. The monoisotopic (exact) mass is 323 g/mol. The second kappa shape index (κ2) is 6.11. The fourth-order valence-corrected chi connectivity index (χ4v) is 3.52. The molecule has 1 aliphatic heterocycles. The summed E-state index contributed by atoms with van der Waals surface area (Å²) in [4.78, 5) is 26.8. The van der Waals surface area contributed by atoms with E-state index in [1.54, 1.807) is 0 Å². The van der Waals surface area contributed by atoms with Crippen molar-refractivity contribution in [2.24, 2.45) is 0 Å². The van der Waals surface area contributed by atoms with Gasteiger partial charge >= 0.3 is 0 Å². The van der Waals surface area contributed by atoms with E-state index in [1.807, 2.05) is 41.6 Å². The van der Waals surface area contributed by atoms with Crippen molar-refractivity contribution in [3.05, 3.63) is 48.3 Å². The third-order valence-corrected chi connectivity index (χ3v) is 4.75. The lowest BCUT2D eigenvalue weighted by Crippen LogP contribution is -2.40. The Kier molecular flexibility index (Phi) is 3.80. The Labute approximate surface area is 140 Å². The Morgan fingerprint density at radius 3 is 3.08 bits per heavy atom. The zero-order chi connectivity index (χ0) is 16.5. The first-order valence-electron chi connectivity index (χ1n) is 8.51. The molecule has 6 nitrogen and oxygen atoms in total. The van der Waals surface area contributed by atoms with Crippen molar-refractivity contribution < 1.29 is 4.79 Å². The van der Waals surface area contributed by atoms with E-state index in [-0.39, 0.29) is 5.91 Å². The number of nitrogens with one attached hydrogen (secondary N) is 1. The van der Waals surface area contributed by atoms with E-state index in [1.165, 1.54) is 0 Å². The van der Waals surface area contributed by atoms with Crippen LogP contribution in [0.25, 0.3) is 11.0 Å². The van der Waals surface area contributed by atoms with Crippen LogP contribution in [-0.2, 0) is 6.54 Å². The van der Waals surface area contributed by atoms with E-state index in [9.17, 15) is 4.79 Å². The van der Waals surface area contributed by atoms with Crippen LogP contribution in [0.15, 0.2) is 36.7 Å². The first-order valence-corrected chi connectivity index (χ1v) is 8.51. The standard InChI is InChI=1S/C18H21N5O/c1-2-22-11-9-19-17(22)13-6-5-10-23(12-13)18(24)16-20-14-7-3-4-8-15(14)21-16/h3-4,7-9,11,13H,2,5-6,10,12H2,1H3,(H,20,21)/t13-/m0/s1. The summed E-state index contributed by atoms with van der Waals surface area (Å²) in [6.07, 6.45) is 5.92. The molecule has 0 unspecified atom stereocenters. The fourth-order valence-electron chi connectivity index (χ4n) is 3.52. The molecule has 124 valence electrons. The quantitative estimate of drug-likeness (QED) is 0.806. The van der Waals surface area contributed by atoms with Crippen LogP contribution in [0.5, 0.6) is 0 Å². The normalized spacial score (nSPS) is 18.2. The largest absolute Gasteiger partial charge is 0.335 e. The smallest absolute Gasteiger partial charge is 0.289 e.